The number of hydrogen-bond acceptors (Lipinski definition) is 5. The monoisotopic (exact) mass is 262 g/mol. The molecule has 1 atom stereocenters. The SMILES string of the molecule is CCCC(CCOC(C)=O)SCCC(=O)OC. The average molecular weight is 262 g/mol. The number of carbonyl (C=O) groups is 2. The van der Waals surface area contributed by atoms with E-state index in [1.54, 1.807) is 11.8 Å². The minimum atomic E-state index is -0.236. The van der Waals surface area contributed by atoms with E-state index in [1.165, 1.54) is 14.0 Å². The maximum absolute atomic E-state index is 10.9. The number of thioether (sulfide) groups is 1. The van der Waals surface area contributed by atoms with Crippen LogP contribution in [0.4, 0.5) is 0 Å². The largest absolute Gasteiger partial charge is 0.469 e. The van der Waals surface area contributed by atoms with Crippen molar-refractivity contribution in [3.8, 4) is 0 Å². The van der Waals surface area contributed by atoms with Gasteiger partial charge in [0.25, 0.3) is 0 Å². The molecule has 0 aromatic rings. The fraction of sp³-hybridized carbons (Fsp3) is 0.833. The van der Waals surface area contributed by atoms with Gasteiger partial charge < -0.3 is 9.47 Å². The van der Waals surface area contributed by atoms with Gasteiger partial charge in [0, 0.05) is 17.9 Å². The Hall–Kier alpha value is -0.710. The van der Waals surface area contributed by atoms with Crippen molar-refractivity contribution in [3.63, 3.8) is 0 Å². The van der Waals surface area contributed by atoms with Crippen molar-refractivity contribution in [2.45, 2.75) is 44.8 Å². The van der Waals surface area contributed by atoms with Gasteiger partial charge in [0.1, 0.15) is 0 Å². The van der Waals surface area contributed by atoms with Gasteiger partial charge in [-0.05, 0) is 12.8 Å². The molecule has 0 saturated carbocycles. The third kappa shape index (κ3) is 10.2. The first-order valence-corrected chi connectivity index (χ1v) is 6.96. The van der Waals surface area contributed by atoms with Crippen molar-refractivity contribution in [1.29, 1.82) is 0 Å². The van der Waals surface area contributed by atoms with Crippen LogP contribution in [0.25, 0.3) is 0 Å². The zero-order valence-electron chi connectivity index (χ0n) is 10.9. The molecule has 0 aliphatic heterocycles. The minimum Gasteiger partial charge on any atom is -0.469 e. The number of ether oxygens (including phenoxy) is 2. The van der Waals surface area contributed by atoms with E-state index in [0.717, 1.165) is 25.0 Å². The normalized spacial score (nSPS) is 11.9. The van der Waals surface area contributed by atoms with Gasteiger partial charge in [-0.2, -0.15) is 11.8 Å². The molecule has 0 fully saturated rings. The Labute approximate surface area is 107 Å². The van der Waals surface area contributed by atoms with E-state index in [1.807, 2.05) is 0 Å². The molecule has 0 spiro atoms. The molecule has 100 valence electrons. The lowest BCUT2D eigenvalue weighted by molar-refractivity contribution is -0.141. The van der Waals surface area contributed by atoms with E-state index in [9.17, 15) is 9.59 Å². The fourth-order valence-corrected chi connectivity index (χ4v) is 2.66. The van der Waals surface area contributed by atoms with Crippen LogP contribution in [-0.4, -0.2) is 36.7 Å². The van der Waals surface area contributed by atoms with Crippen LogP contribution in [0.2, 0.25) is 0 Å². The molecule has 0 aromatic heterocycles. The summed E-state index contributed by atoms with van der Waals surface area (Å²) in [6.07, 6.45) is 3.46. The molecule has 0 saturated heterocycles. The second-order valence-electron chi connectivity index (χ2n) is 3.74. The van der Waals surface area contributed by atoms with Crippen molar-refractivity contribution >= 4 is 23.7 Å². The molecule has 4 nitrogen and oxygen atoms in total. The molecule has 0 rings (SSSR count). The summed E-state index contributed by atoms with van der Waals surface area (Å²) in [5.41, 5.74) is 0. The van der Waals surface area contributed by atoms with Gasteiger partial charge in [-0.3, -0.25) is 9.59 Å². The highest BCUT2D eigenvalue weighted by Crippen LogP contribution is 2.21. The zero-order valence-corrected chi connectivity index (χ0v) is 11.7. The van der Waals surface area contributed by atoms with Gasteiger partial charge in [-0.15, -0.1) is 0 Å². The van der Waals surface area contributed by atoms with Crippen molar-refractivity contribution < 1.29 is 19.1 Å². The van der Waals surface area contributed by atoms with Crippen molar-refractivity contribution in [3.05, 3.63) is 0 Å². The van der Waals surface area contributed by atoms with Gasteiger partial charge in [0.05, 0.1) is 20.1 Å². The highest BCUT2D eigenvalue weighted by Gasteiger charge is 2.10. The topological polar surface area (TPSA) is 52.6 Å². The van der Waals surface area contributed by atoms with E-state index in [2.05, 4.69) is 11.7 Å². The molecular weight excluding hydrogens is 240 g/mol. The van der Waals surface area contributed by atoms with Gasteiger partial charge >= 0.3 is 11.9 Å². The predicted molar refractivity (Wildman–Crippen MR) is 69.0 cm³/mol. The van der Waals surface area contributed by atoms with Crippen molar-refractivity contribution in [2.24, 2.45) is 0 Å². The van der Waals surface area contributed by atoms with Crippen LogP contribution >= 0.6 is 11.8 Å². The Kier molecular flexibility index (Phi) is 10.0. The van der Waals surface area contributed by atoms with Crippen LogP contribution in [0.15, 0.2) is 0 Å². The third-order valence-electron chi connectivity index (χ3n) is 2.24. The first-order chi connectivity index (χ1) is 8.10. The van der Waals surface area contributed by atoms with E-state index in [4.69, 9.17) is 4.74 Å². The summed E-state index contributed by atoms with van der Waals surface area (Å²) in [5.74, 6) is 0.352. The standard InChI is InChI=1S/C12H22O4S/c1-4-5-11(6-8-16-10(2)13)17-9-7-12(14)15-3/h11H,4-9H2,1-3H3. The van der Waals surface area contributed by atoms with Crippen LogP contribution in [0.1, 0.15) is 39.5 Å². The van der Waals surface area contributed by atoms with Crippen LogP contribution in [-0.2, 0) is 19.1 Å². The molecule has 17 heavy (non-hydrogen) atoms. The molecular formula is C12H22O4S. The zero-order chi connectivity index (χ0) is 13.1. The van der Waals surface area contributed by atoms with E-state index in [-0.39, 0.29) is 11.9 Å². The van der Waals surface area contributed by atoms with Gasteiger partial charge in [-0.1, -0.05) is 13.3 Å². The summed E-state index contributed by atoms with van der Waals surface area (Å²) in [6, 6.07) is 0. The average Bonchev–Trinajstić information content (AvgIpc) is 2.28. The molecule has 0 amide bonds. The van der Waals surface area contributed by atoms with E-state index < -0.39 is 0 Å². The molecule has 0 heterocycles. The molecule has 0 aliphatic rings. The van der Waals surface area contributed by atoms with Crippen molar-refractivity contribution in [1.82, 2.24) is 0 Å². The van der Waals surface area contributed by atoms with Gasteiger partial charge in [0.15, 0.2) is 0 Å². The Morgan fingerprint density at radius 1 is 1.29 bits per heavy atom. The van der Waals surface area contributed by atoms with Crippen LogP contribution in [0, 0.1) is 0 Å². The lowest BCUT2D eigenvalue weighted by Crippen LogP contribution is -2.11. The second-order valence-corrected chi connectivity index (χ2v) is 5.14. The third-order valence-corrected chi connectivity index (χ3v) is 3.63. The summed E-state index contributed by atoms with van der Waals surface area (Å²) in [6.45, 7) is 4.00. The maximum atomic E-state index is 10.9. The molecule has 0 bridgehead atoms. The first-order valence-electron chi connectivity index (χ1n) is 5.91. The second kappa shape index (κ2) is 10.4. The molecule has 1 unspecified atom stereocenters. The Morgan fingerprint density at radius 2 is 2.00 bits per heavy atom. The molecule has 5 heteroatoms. The smallest absolute Gasteiger partial charge is 0.306 e. The highest BCUT2D eigenvalue weighted by atomic mass is 32.2. The minimum absolute atomic E-state index is 0.173. The summed E-state index contributed by atoms with van der Waals surface area (Å²) in [5, 5.41) is 0.448. The van der Waals surface area contributed by atoms with Crippen LogP contribution in [0.5, 0.6) is 0 Å². The quantitative estimate of drug-likeness (QED) is 0.597. The molecule has 0 aliphatic carbocycles. The Balaban J connectivity index is 3.73. The fourth-order valence-electron chi connectivity index (χ4n) is 1.38. The number of methoxy groups -OCH3 is 1. The Bertz CT molecular complexity index is 231. The molecule has 0 radical (unpaired) electrons. The van der Waals surface area contributed by atoms with E-state index in [0.29, 0.717) is 18.3 Å². The van der Waals surface area contributed by atoms with Crippen LogP contribution in [0.3, 0.4) is 0 Å². The first kappa shape index (κ1) is 16.3. The van der Waals surface area contributed by atoms with E-state index >= 15 is 0 Å². The van der Waals surface area contributed by atoms with Gasteiger partial charge in [-0.25, -0.2) is 0 Å². The predicted octanol–water partition coefficient (Wildman–Crippen LogP) is 2.40. The number of carbonyl (C=O) groups excluding carboxylic acids is 2. The molecule has 0 N–H and O–H groups in total. The van der Waals surface area contributed by atoms with Crippen molar-refractivity contribution in [2.75, 3.05) is 19.5 Å². The summed E-state index contributed by atoms with van der Waals surface area (Å²) < 4.78 is 9.51. The summed E-state index contributed by atoms with van der Waals surface area (Å²) in [4.78, 5) is 21.6. The lowest BCUT2D eigenvalue weighted by Gasteiger charge is -2.15. The Morgan fingerprint density at radius 3 is 2.53 bits per heavy atom. The van der Waals surface area contributed by atoms with Crippen LogP contribution < -0.4 is 0 Å². The van der Waals surface area contributed by atoms with Gasteiger partial charge in [0.2, 0.25) is 0 Å². The summed E-state index contributed by atoms with van der Waals surface area (Å²) in [7, 11) is 1.40. The molecule has 0 aromatic carbocycles. The number of hydrogen-bond donors (Lipinski definition) is 0. The number of rotatable bonds is 9. The highest BCUT2D eigenvalue weighted by molar-refractivity contribution is 7.99. The number of esters is 2. The summed E-state index contributed by atoms with van der Waals surface area (Å²) >= 11 is 1.75. The lowest BCUT2D eigenvalue weighted by atomic mass is 10.2. The maximum Gasteiger partial charge on any atom is 0.306 e.